The van der Waals surface area contributed by atoms with Gasteiger partial charge in [-0.25, -0.2) is 4.98 Å². The molecule has 0 N–H and O–H groups in total. The molecule has 260 valence electrons. The van der Waals surface area contributed by atoms with Gasteiger partial charge in [-0.3, -0.25) is 4.57 Å². The summed E-state index contributed by atoms with van der Waals surface area (Å²) in [6.45, 7) is 0. The van der Waals surface area contributed by atoms with Crippen molar-refractivity contribution in [1.82, 2.24) is 19.5 Å². The molecule has 0 aliphatic heterocycles. The third-order valence-electron chi connectivity index (χ3n) is 11.2. The predicted molar refractivity (Wildman–Crippen MR) is 230 cm³/mol. The lowest BCUT2D eigenvalue weighted by Gasteiger charge is -2.13. The van der Waals surface area contributed by atoms with Crippen molar-refractivity contribution >= 4 is 76.1 Å². The first-order chi connectivity index (χ1) is 27.8. The molecular formula is C51H30N4O. The maximum atomic E-state index is 6.86. The summed E-state index contributed by atoms with van der Waals surface area (Å²) in [6.07, 6.45) is 0. The Morgan fingerprint density at radius 1 is 0.375 bits per heavy atom. The first-order valence-electron chi connectivity index (χ1n) is 18.9. The molecular weight excluding hydrogens is 685 g/mol. The van der Waals surface area contributed by atoms with Gasteiger partial charge in [-0.1, -0.05) is 158 Å². The summed E-state index contributed by atoms with van der Waals surface area (Å²) in [5.41, 5.74) is 7.61. The van der Waals surface area contributed by atoms with Crippen LogP contribution in [0.2, 0.25) is 0 Å². The molecule has 0 fully saturated rings. The Labute approximate surface area is 320 Å². The Bertz CT molecular complexity index is 3440. The fraction of sp³-hybridized carbons (Fsp3) is 0. The quantitative estimate of drug-likeness (QED) is 0.170. The first kappa shape index (κ1) is 30.8. The summed E-state index contributed by atoms with van der Waals surface area (Å²) >= 11 is 0. The zero-order valence-corrected chi connectivity index (χ0v) is 30.0. The summed E-state index contributed by atoms with van der Waals surface area (Å²) in [6, 6.07) is 63.9. The predicted octanol–water partition coefficient (Wildman–Crippen LogP) is 13.3. The maximum Gasteiger partial charge on any atom is 0.238 e. The highest BCUT2D eigenvalue weighted by Crippen LogP contribution is 2.46. The van der Waals surface area contributed by atoms with Gasteiger partial charge < -0.3 is 4.42 Å². The fourth-order valence-corrected chi connectivity index (χ4v) is 8.74. The molecule has 0 spiro atoms. The second-order valence-electron chi connectivity index (χ2n) is 14.3. The van der Waals surface area contributed by atoms with Gasteiger partial charge in [0.05, 0.1) is 5.52 Å². The fourth-order valence-electron chi connectivity index (χ4n) is 8.74. The van der Waals surface area contributed by atoms with E-state index >= 15 is 0 Å². The van der Waals surface area contributed by atoms with Gasteiger partial charge in [0.2, 0.25) is 5.95 Å². The van der Waals surface area contributed by atoms with Crippen LogP contribution < -0.4 is 0 Å². The highest BCUT2D eigenvalue weighted by molar-refractivity contribution is 6.28. The molecule has 0 unspecified atom stereocenters. The van der Waals surface area contributed by atoms with Crippen LogP contribution in [0.5, 0.6) is 0 Å². The molecule has 5 nitrogen and oxygen atoms in total. The summed E-state index contributed by atoms with van der Waals surface area (Å²) in [4.78, 5) is 15.5. The van der Waals surface area contributed by atoms with Crippen molar-refractivity contribution < 1.29 is 4.42 Å². The highest BCUT2D eigenvalue weighted by Gasteiger charge is 2.25. The molecule has 9 aromatic carbocycles. The SMILES string of the molecule is c1ccc(-c2nc(-c3ccccc3)nc(-n3c4ccccc4c4c(-c5ccc6c7ccccc7c7ccccc7c6c5)cc5c6ccccc6oc5c43)n2)cc1. The van der Waals surface area contributed by atoms with Gasteiger partial charge in [-0.2, -0.15) is 9.97 Å². The topological polar surface area (TPSA) is 56.7 Å². The van der Waals surface area contributed by atoms with E-state index in [2.05, 4.69) is 114 Å². The molecule has 0 bridgehead atoms. The Morgan fingerprint density at radius 2 is 0.893 bits per heavy atom. The molecule has 0 amide bonds. The van der Waals surface area contributed by atoms with E-state index in [1.165, 1.54) is 32.3 Å². The standard InChI is InChI=1S/C51H30N4O/c1-3-15-31(16-4-1)49-52-50(32-17-5-2-6-18-32)54-51(53-49)55-44-25-13-11-24-40(44)46-41(30-43-39-23-12-14-26-45(39)56-48(43)47(46)55)33-27-28-38-36-21-8-7-19-34(36)35-20-9-10-22-37(35)42(38)29-33/h1-30H. The molecule has 56 heavy (non-hydrogen) atoms. The molecule has 3 aromatic heterocycles. The van der Waals surface area contributed by atoms with Crippen molar-refractivity contribution in [3.8, 4) is 39.9 Å². The van der Waals surface area contributed by atoms with Crippen molar-refractivity contribution in [2.45, 2.75) is 0 Å². The monoisotopic (exact) mass is 714 g/mol. The number of para-hydroxylation sites is 2. The second kappa shape index (κ2) is 11.9. The van der Waals surface area contributed by atoms with Crippen molar-refractivity contribution in [3.05, 3.63) is 182 Å². The molecule has 0 saturated heterocycles. The average Bonchev–Trinajstić information content (AvgIpc) is 3.83. The average molecular weight is 715 g/mol. The van der Waals surface area contributed by atoms with E-state index in [1.54, 1.807) is 0 Å². The molecule has 12 rings (SSSR count). The van der Waals surface area contributed by atoms with E-state index in [0.29, 0.717) is 17.6 Å². The van der Waals surface area contributed by atoms with Crippen LogP contribution in [0.4, 0.5) is 0 Å². The number of benzene rings is 9. The zero-order valence-electron chi connectivity index (χ0n) is 30.0. The summed E-state index contributed by atoms with van der Waals surface area (Å²) in [7, 11) is 0. The minimum atomic E-state index is 0.527. The minimum absolute atomic E-state index is 0.527. The molecule has 0 aliphatic rings. The van der Waals surface area contributed by atoms with Gasteiger partial charge in [0.1, 0.15) is 11.1 Å². The third kappa shape index (κ3) is 4.52. The largest absolute Gasteiger partial charge is 0.454 e. The Kier molecular flexibility index (Phi) is 6.56. The molecule has 0 saturated carbocycles. The lowest BCUT2D eigenvalue weighted by molar-refractivity contribution is 0.670. The maximum absolute atomic E-state index is 6.86. The number of nitrogens with zero attached hydrogens (tertiary/aromatic N) is 4. The molecule has 3 heterocycles. The number of aromatic nitrogens is 4. The number of hydrogen-bond donors (Lipinski definition) is 0. The zero-order chi connectivity index (χ0) is 36.7. The van der Waals surface area contributed by atoms with E-state index in [9.17, 15) is 0 Å². The van der Waals surface area contributed by atoms with Gasteiger partial charge in [0.25, 0.3) is 0 Å². The van der Waals surface area contributed by atoms with Crippen LogP contribution in [0, 0.1) is 0 Å². The van der Waals surface area contributed by atoms with Crippen molar-refractivity contribution in [3.63, 3.8) is 0 Å². The van der Waals surface area contributed by atoms with E-state index in [0.717, 1.165) is 66.0 Å². The first-order valence-corrected chi connectivity index (χ1v) is 18.9. The molecule has 5 heteroatoms. The summed E-state index contributed by atoms with van der Waals surface area (Å²) < 4.78 is 9.05. The molecule has 12 aromatic rings. The van der Waals surface area contributed by atoms with Gasteiger partial charge in [0.15, 0.2) is 17.2 Å². The van der Waals surface area contributed by atoms with Crippen LogP contribution >= 0.6 is 0 Å². The van der Waals surface area contributed by atoms with Gasteiger partial charge in [-0.15, -0.1) is 0 Å². The number of furan rings is 1. The van der Waals surface area contributed by atoms with Crippen LogP contribution in [0.1, 0.15) is 0 Å². The van der Waals surface area contributed by atoms with E-state index in [-0.39, 0.29) is 0 Å². The summed E-state index contributed by atoms with van der Waals surface area (Å²) in [5.74, 6) is 1.73. The second-order valence-corrected chi connectivity index (χ2v) is 14.3. The lowest BCUT2D eigenvalue weighted by Crippen LogP contribution is -2.06. The molecule has 0 radical (unpaired) electrons. The van der Waals surface area contributed by atoms with Crippen LogP contribution in [-0.2, 0) is 0 Å². The van der Waals surface area contributed by atoms with E-state index in [4.69, 9.17) is 19.4 Å². The Morgan fingerprint density at radius 3 is 1.54 bits per heavy atom. The number of rotatable bonds is 4. The van der Waals surface area contributed by atoms with E-state index < -0.39 is 0 Å². The number of hydrogen-bond acceptors (Lipinski definition) is 4. The van der Waals surface area contributed by atoms with Crippen molar-refractivity contribution in [2.24, 2.45) is 0 Å². The molecule has 0 atom stereocenters. The summed E-state index contributed by atoms with van der Waals surface area (Å²) in [5, 5.41) is 11.7. The lowest BCUT2D eigenvalue weighted by atomic mass is 9.90. The van der Waals surface area contributed by atoms with Gasteiger partial charge in [-0.05, 0) is 67.7 Å². The van der Waals surface area contributed by atoms with E-state index in [1.807, 2.05) is 72.8 Å². The normalized spacial score (nSPS) is 11.9. The van der Waals surface area contributed by atoms with Crippen molar-refractivity contribution in [2.75, 3.05) is 0 Å². The van der Waals surface area contributed by atoms with Crippen LogP contribution in [-0.4, -0.2) is 19.5 Å². The van der Waals surface area contributed by atoms with Crippen molar-refractivity contribution in [1.29, 1.82) is 0 Å². The van der Waals surface area contributed by atoms with Crippen LogP contribution in [0.15, 0.2) is 186 Å². The number of fused-ring (bicyclic) bond motifs is 13. The van der Waals surface area contributed by atoms with Gasteiger partial charge in [0, 0.05) is 32.7 Å². The third-order valence-corrected chi connectivity index (χ3v) is 11.2. The minimum Gasteiger partial charge on any atom is -0.454 e. The van der Waals surface area contributed by atoms with Gasteiger partial charge >= 0.3 is 0 Å². The Balaban J connectivity index is 1.24. The molecule has 0 aliphatic carbocycles. The smallest absolute Gasteiger partial charge is 0.238 e. The van der Waals surface area contributed by atoms with Crippen LogP contribution in [0.3, 0.4) is 0 Å². The highest BCUT2D eigenvalue weighted by atomic mass is 16.3. The van der Waals surface area contributed by atoms with Crippen LogP contribution in [0.25, 0.3) is 116 Å². The Hall–Kier alpha value is -7.63.